The van der Waals surface area contributed by atoms with Gasteiger partial charge in [0.05, 0.1) is 22.5 Å². The largest absolute Gasteiger partial charge is 0.416 e. The monoisotopic (exact) mass is 609 g/mol. The summed E-state index contributed by atoms with van der Waals surface area (Å²) in [6, 6.07) is 18.7. The summed E-state index contributed by atoms with van der Waals surface area (Å²) in [6.07, 6.45) is -3.89. The molecule has 0 spiro atoms. The normalized spacial score (nSPS) is 12.6. The number of hydrogen-bond donors (Lipinski definition) is 1. The van der Waals surface area contributed by atoms with Crippen molar-refractivity contribution in [2.45, 2.75) is 45.1 Å². The number of nitrogens with one attached hydrogen (secondary N) is 1. The van der Waals surface area contributed by atoms with Crippen LogP contribution in [0.5, 0.6) is 0 Å². The lowest BCUT2D eigenvalue weighted by Gasteiger charge is -2.34. The van der Waals surface area contributed by atoms with E-state index in [0.717, 1.165) is 24.0 Å². The molecule has 0 aromatic heterocycles. The van der Waals surface area contributed by atoms with Crippen molar-refractivity contribution in [1.29, 1.82) is 0 Å². The molecule has 0 aliphatic rings. The van der Waals surface area contributed by atoms with E-state index in [9.17, 15) is 31.2 Å². The smallest absolute Gasteiger partial charge is 0.352 e. The van der Waals surface area contributed by atoms with Gasteiger partial charge in [0.1, 0.15) is 12.6 Å². The van der Waals surface area contributed by atoms with E-state index in [2.05, 4.69) is 5.32 Å². The van der Waals surface area contributed by atoms with Gasteiger partial charge in [-0.15, -0.1) is 0 Å². The fourth-order valence-corrected chi connectivity index (χ4v) is 5.31. The van der Waals surface area contributed by atoms with Crippen LogP contribution in [-0.4, -0.2) is 50.0 Å². The van der Waals surface area contributed by atoms with Gasteiger partial charge in [-0.3, -0.25) is 13.9 Å². The van der Waals surface area contributed by atoms with Gasteiger partial charge in [-0.2, -0.15) is 13.2 Å². The van der Waals surface area contributed by atoms with Crippen molar-refractivity contribution in [1.82, 2.24) is 10.2 Å². The Balaban J connectivity index is 2.09. The van der Waals surface area contributed by atoms with Crippen molar-refractivity contribution in [2.24, 2.45) is 0 Å². The molecule has 0 radical (unpaired) electrons. The Kier molecular flexibility index (Phi) is 10.4. The molecule has 0 aliphatic carbocycles. The molecular formula is C29H31ClF3N3O4S. The van der Waals surface area contributed by atoms with Crippen molar-refractivity contribution in [3.63, 3.8) is 0 Å². The van der Waals surface area contributed by atoms with E-state index in [1.807, 2.05) is 6.07 Å². The van der Waals surface area contributed by atoms with Crippen molar-refractivity contribution < 1.29 is 31.2 Å². The first-order valence-electron chi connectivity index (χ1n) is 12.7. The van der Waals surface area contributed by atoms with Gasteiger partial charge in [0.2, 0.25) is 21.8 Å². The van der Waals surface area contributed by atoms with Gasteiger partial charge >= 0.3 is 6.18 Å². The number of amides is 2. The molecule has 0 unspecified atom stereocenters. The Labute approximate surface area is 243 Å². The number of carbonyl (C=O) groups is 2. The molecular weight excluding hydrogens is 579 g/mol. The summed E-state index contributed by atoms with van der Waals surface area (Å²) in [5, 5.41) is 2.53. The number of anilines is 1. The minimum Gasteiger partial charge on any atom is -0.352 e. The fourth-order valence-electron chi connectivity index (χ4n) is 4.19. The van der Waals surface area contributed by atoms with E-state index in [-0.39, 0.29) is 24.0 Å². The van der Waals surface area contributed by atoms with Gasteiger partial charge in [-0.05, 0) is 43.2 Å². The van der Waals surface area contributed by atoms with Crippen molar-refractivity contribution in [2.75, 3.05) is 17.1 Å². The second-order valence-electron chi connectivity index (χ2n) is 9.81. The maximum atomic E-state index is 14.0. The first-order valence-corrected chi connectivity index (χ1v) is 14.9. The van der Waals surface area contributed by atoms with Crippen molar-refractivity contribution >= 4 is 39.1 Å². The van der Waals surface area contributed by atoms with Gasteiger partial charge in [-0.25, -0.2) is 8.42 Å². The van der Waals surface area contributed by atoms with Crippen LogP contribution in [0.15, 0.2) is 78.9 Å². The Morgan fingerprint density at radius 3 is 2.00 bits per heavy atom. The zero-order valence-corrected chi connectivity index (χ0v) is 24.3. The number of sulfonamides is 1. The van der Waals surface area contributed by atoms with E-state index in [1.165, 1.54) is 4.90 Å². The van der Waals surface area contributed by atoms with E-state index in [4.69, 9.17) is 11.6 Å². The van der Waals surface area contributed by atoms with Crippen LogP contribution in [0.1, 0.15) is 30.5 Å². The van der Waals surface area contributed by atoms with E-state index in [1.54, 1.807) is 68.4 Å². The third-order valence-corrected chi connectivity index (χ3v) is 7.57. The fraction of sp³-hybridized carbons (Fsp3) is 0.310. The van der Waals surface area contributed by atoms with Gasteiger partial charge in [-0.1, -0.05) is 72.3 Å². The molecule has 3 aromatic rings. The van der Waals surface area contributed by atoms with Crippen LogP contribution < -0.4 is 9.62 Å². The SMILES string of the molecule is CC(C)NC(=O)[C@@H](Cc1ccccc1)N(Cc1ccccc1)C(=O)CN(c1cc(C(F)(F)F)ccc1Cl)S(C)(=O)=O. The second-order valence-corrected chi connectivity index (χ2v) is 12.1. The number of hydrogen-bond acceptors (Lipinski definition) is 4. The Hall–Kier alpha value is -3.57. The zero-order chi connectivity index (χ0) is 30.4. The molecule has 0 heterocycles. The molecule has 0 bridgehead atoms. The van der Waals surface area contributed by atoms with Crippen LogP contribution in [0.4, 0.5) is 18.9 Å². The summed E-state index contributed by atoms with van der Waals surface area (Å²) < 4.78 is 66.6. The van der Waals surface area contributed by atoms with Gasteiger partial charge in [0.15, 0.2) is 0 Å². The maximum Gasteiger partial charge on any atom is 0.416 e. The number of nitrogens with zero attached hydrogens (tertiary/aromatic N) is 2. The Morgan fingerprint density at radius 1 is 0.927 bits per heavy atom. The van der Waals surface area contributed by atoms with Crippen LogP contribution in [-0.2, 0) is 38.8 Å². The van der Waals surface area contributed by atoms with Gasteiger partial charge in [0.25, 0.3) is 0 Å². The predicted octanol–water partition coefficient (Wildman–Crippen LogP) is 5.29. The van der Waals surface area contributed by atoms with Crippen LogP contribution in [0.3, 0.4) is 0 Å². The predicted molar refractivity (Wildman–Crippen MR) is 153 cm³/mol. The summed E-state index contributed by atoms with van der Waals surface area (Å²) in [5.41, 5.74) is -0.205. The van der Waals surface area contributed by atoms with Gasteiger partial charge < -0.3 is 10.2 Å². The molecule has 7 nitrogen and oxygen atoms in total. The van der Waals surface area contributed by atoms with E-state index < -0.39 is 51.9 Å². The average Bonchev–Trinajstić information content (AvgIpc) is 2.89. The molecule has 2 amide bonds. The molecule has 1 N–H and O–H groups in total. The highest BCUT2D eigenvalue weighted by Crippen LogP contribution is 2.36. The quantitative estimate of drug-likeness (QED) is 0.320. The number of carbonyl (C=O) groups excluding carboxylic acids is 2. The number of halogens is 4. The maximum absolute atomic E-state index is 14.0. The first kappa shape index (κ1) is 32.0. The molecule has 220 valence electrons. The van der Waals surface area contributed by atoms with Crippen molar-refractivity contribution in [3.8, 4) is 0 Å². The molecule has 1 atom stereocenters. The molecule has 0 saturated heterocycles. The van der Waals surface area contributed by atoms with Crippen LogP contribution in [0.2, 0.25) is 5.02 Å². The first-order chi connectivity index (χ1) is 19.2. The van der Waals surface area contributed by atoms with Crippen molar-refractivity contribution in [3.05, 3.63) is 101 Å². The highest BCUT2D eigenvalue weighted by Gasteiger charge is 2.36. The van der Waals surface area contributed by atoms with E-state index >= 15 is 0 Å². The molecule has 0 fully saturated rings. The summed E-state index contributed by atoms with van der Waals surface area (Å²) in [6.45, 7) is 2.59. The minimum absolute atomic E-state index is 0.0589. The lowest BCUT2D eigenvalue weighted by molar-refractivity contribution is -0.140. The molecule has 0 aliphatic heterocycles. The highest BCUT2D eigenvalue weighted by atomic mass is 35.5. The Bertz CT molecular complexity index is 1450. The number of benzene rings is 3. The summed E-state index contributed by atoms with van der Waals surface area (Å²) >= 11 is 6.16. The summed E-state index contributed by atoms with van der Waals surface area (Å²) in [4.78, 5) is 28.7. The molecule has 3 aromatic carbocycles. The number of rotatable bonds is 11. The summed E-state index contributed by atoms with van der Waals surface area (Å²) in [7, 11) is -4.29. The lowest BCUT2D eigenvalue weighted by atomic mass is 10.0. The van der Waals surface area contributed by atoms with Crippen LogP contribution >= 0.6 is 11.6 Å². The zero-order valence-electron chi connectivity index (χ0n) is 22.7. The standard InChI is InChI=1S/C29H31ClF3N3O4S/c1-20(2)34-28(38)26(16-21-10-6-4-7-11-21)35(18-22-12-8-5-9-13-22)27(37)19-36(41(3,39)40)25-17-23(29(31,32)33)14-15-24(25)30/h4-15,17,20,26H,16,18-19H2,1-3H3,(H,34,38)/t26-/m1/s1. The van der Waals surface area contributed by atoms with Crippen LogP contribution in [0.25, 0.3) is 0 Å². The minimum atomic E-state index is -4.78. The van der Waals surface area contributed by atoms with E-state index in [0.29, 0.717) is 15.9 Å². The molecule has 0 saturated carbocycles. The second kappa shape index (κ2) is 13.4. The topological polar surface area (TPSA) is 86.8 Å². The number of alkyl halides is 3. The molecule has 3 rings (SSSR count). The third-order valence-electron chi connectivity index (χ3n) is 6.12. The molecule has 12 heteroatoms. The summed E-state index contributed by atoms with van der Waals surface area (Å²) in [5.74, 6) is -1.26. The Morgan fingerprint density at radius 2 is 1.49 bits per heavy atom. The van der Waals surface area contributed by atoms with Gasteiger partial charge in [0, 0.05) is 19.0 Å². The average molecular weight is 610 g/mol. The lowest BCUT2D eigenvalue weighted by Crippen LogP contribution is -2.54. The van der Waals surface area contributed by atoms with Crippen LogP contribution in [0, 0.1) is 0 Å². The third kappa shape index (κ3) is 8.96. The molecule has 41 heavy (non-hydrogen) atoms. The highest BCUT2D eigenvalue weighted by molar-refractivity contribution is 7.92.